The number of hydrogen-bond donors (Lipinski definition) is 1. The SMILES string of the molecule is CC(C)[C@H](N)C(=O)N1CC2CC1CS2. The second-order valence-corrected chi connectivity index (χ2v) is 5.94. The summed E-state index contributed by atoms with van der Waals surface area (Å²) in [6.45, 7) is 4.94. The smallest absolute Gasteiger partial charge is 0.240 e. The van der Waals surface area contributed by atoms with Gasteiger partial charge in [-0.2, -0.15) is 11.8 Å². The van der Waals surface area contributed by atoms with Crippen molar-refractivity contribution in [2.75, 3.05) is 12.3 Å². The van der Waals surface area contributed by atoms with Crippen molar-refractivity contribution in [1.82, 2.24) is 4.90 Å². The van der Waals surface area contributed by atoms with Crippen LogP contribution in [-0.4, -0.2) is 40.4 Å². The second kappa shape index (κ2) is 3.74. The maximum atomic E-state index is 12.0. The van der Waals surface area contributed by atoms with E-state index >= 15 is 0 Å². The lowest BCUT2D eigenvalue weighted by molar-refractivity contribution is -0.134. The lowest BCUT2D eigenvalue weighted by Gasteiger charge is -2.30. The Bertz CT molecular complexity index is 244. The summed E-state index contributed by atoms with van der Waals surface area (Å²) in [5.74, 6) is 1.52. The molecule has 2 heterocycles. The van der Waals surface area contributed by atoms with Crippen LogP contribution in [0.5, 0.6) is 0 Å². The molecule has 0 spiro atoms. The molecule has 2 fully saturated rings. The van der Waals surface area contributed by atoms with Crippen LogP contribution in [0.25, 0.3) is 0 Å². The fourth-order valence-corrected chi connectivity index (χ4v) is 3.58. The molecule has 3 nitrogen and oxygen atoms in total. The number of thioether (sulfide) groups is 1. The normalized spacial score (nSPS) is 32.7. The Morgan fingerprint density at radius 3 is 2.71 bits per heavy atom. The number of likely N-dealkylation sites (tertiary alicyclic amines) is 1. The molecule has 0 aliphatic carbocycles. The van der Waals surface area contributed by atoms with Gasteiger partial charge in [-0.15, -0.1) is 0 Å². The average molecular weight is 214 g/mol. The van der Waals surface area contributed by atoms with Crippen molar-refractivity contribution in [3.8, 4) is 0 Å². The highest BCUT2D eigenvalue weighted by atomic mass is 32.2. The minimum absolute atomic E-state index is 0.160. The second-order valence-electron chi connectivity index (χ2n) is 4.61. The third-order valence-electron chi connectivity index (χ3n) is 3.19. The van der Waals surface area contributed by atoms with Gasteiger partial charge in [0.25, 0.3) is 0 Å². The first-order chi connectivity index (χ1) is 6.59. The van der Waals surface area contributed by atoms with Gasteiger partial charge < -0.3 is 10.6 Å². The summed E-state index contributed by atoms with van der Waals surface area (Å²) in [5, 5.41) is 0.684. The number of fused-ring (bicyclic) bond motifs is 2. The van der Waals surface area contributed by atoms with Crippen LogP contribution in [0.15, 0.2) is 0 Å². The van der Waals surface area contributed by atoms with Crippen molar-refractivity contribution in [3.05, 3.63) is 0 Å². The molecule has 80 valence electrons. The Kier molecular flexibility index (Phi) is 2.75. The zero-order valence-corrected chi connectivity index (χ0v) is 9.59. The van der Waals surface area contributed by atoms with E-state index in [0.29, 0.717) is 11.3 Å². The Morgan fingerprint density at radius 2 is 2.29 bits per heavy atom. The van der Waals surface area contributed by atoms with E-state index in [2.05, 4.69) is 0 Å². The number of carbonyl (C=O) groups is 1. The van der Waals surface area contributed by atoms with Crippen LogP contribution in [0.3, 0.4) is 0 Å². The van der Waals surface area contributed by atoms with Crippen molar-refractivity contribution in [3.63, 3.8) is 0 Å². The van der Waals surface area contributed by atoms with Gasteiger partial charge in [0.1, 0.15) is 0 Å². The van der Waals surface area contributed by atoms with Gasteiger partial charge >= 0.3 is 0 Å². The molecule has 2 aliphatic rings. The van der Waals surface area contributed by atoms with Gasteiger partial charge in [-0.05, 0) is 12.3 Å². The van der Waals surface area contributed by atoms with Crippen molar-refractivity contribution in [1.29, 1.82) is 0 Å². The monoisotopic (exact) mass is 214 g/mol. The van der Waals surface area contributed by atoms with Gasteiger partial charge in [-0.3, -0.25) is 4.79 Å². The number of nitrogens with two attached hydrogens (primary N) is 1. The van der Waals surface area contributed by atoms with Gasteiger partial charge in [0.15, 0.2) is 0 Å². The van der Waals surface area contributed by atoms with E-state index < -0.39 is 0 Å². The molecule has 1 amide bonds. The highest BCUT2D eigenvalue weighted by molar-refractivity contribution is 8.00. The zero-order chi connectivity index (χ0) is 10.3. The first kappa shape index (κ1) is 10.3. The van der Waals surface area contributed by atoms with Gasteiger partial charge in [0.2, 0.25) is 5.91 Å². The van der Waals surface area contributed by atoms with E-state index in [4.69, 9.17) is 5.73 Å². The molecule has 0 aromatic heterocycles. The molecule has 2 aliphatic heterocycles. The van der Waals surface area contributed by atoms with Crippen molar-refractivity contribution >= 4 is 17.7 Å². The van der Waals surface area contributed by atoms with E-state index in [1.54, 1.807) is 0 Å². The Morgan fingerprint density at radius 1 is 1.57 bits per heavy atom. The fraction of sp³-hybridized carbons (Fsp3) is 0.900. The third-order valence-corrected chi connectivity index (χ3v) is 4.58. The Balaban J connectivity index is 1.99. The van der Waals surface area contributed by atoms with E-state index in [1.807, 2.05) is 30.5 Å². The van der Waals surface area contributed by atoms with Crippen molar-refractivity contribution < 1.29 is 4.79 Å². The highest BCUT2D eigenvalue weighted by Gasteiger charge is 2.42. The van der Waals surface area contributed by atoms with Gasteiger partial charge in [0.05, 0.1) is 6.04 Å². The lowest BCUT2D eigenvalue weighted by Crippen LogP contribution is -2.50. The standard InChI is InChI=1S/C10H18N2OS/c1-6(2)9(11)10(13)12-4-8-3-7(12)5-14-8/h6-9H,3-5,11H2,1-2H3/t7?,8?,9-/m0/s1. The molecule has 2 bridgehead atoms. The maximum Gasteiger partial charge on any atom is 0.240 e. The van der Waals surface area contributed by atoms with E-state index in [9.17, 15) is 4.79 Å². The summed E-state index contributed by atoms with van der Waals surface area (Å²) in [5.41, 5.74) is 5.87. The van der Waals surface area contributed by atoms with E-state index in [-0.39, 0.29) is 17.9 Å². The minimum Gasteiger partial charge on any atom is -0.336 e. The molecule has 0 radical (unpaired) electrons. The molecule has 0 aromatic carbocycles. The summed E-state index contributed by atoms with van der Waals surface area (Å²) in [7, 11) is 0. The number of amides is 1. The molecular formula is C10H18N2OS. The van der Waals surface area contributed by atoms with E-state index in [0.717, 1.165) is 12.3 Å². The first-order valence-electron chi connectivity index (χ1n) is 5.27. The summed E-state index contributed by atoms with van der Waals surface area (Å²) >= 11 is 2.00. The topological polar surface area (TPSA) is 46.3 Å². The predicted octanol–water partition coefficient (Wildman–Crippen LogP) is 0.686. The molecule has 4 heteroatoms. The molecule has 3 atom stereocenters. The fourth-order valence-electron chi connectivity index (χ4n) is 2.15. The van der Waals surface area contributed by atoms with Crippen LogP contribution in [0.2, 0.25) is 0 Å². The van der Waals surface area contributed by atoms with Crippen molar-refractivity contribution in [2.45, 2.75) is 37.6 Å². The summed E-state index contributed by atoms with van der Waals surface area (Å²) < 4.78 is 0. The number of rotatable bonds is 2. The van der Waals surface area contributed by atoms with Crippen LogP contribution in [0, 0.1) is 5.92 Å². The predicted molar refractivity (Wildman–Crippen MR) is 59.2 cm³/mol. The van der Waals surface area contributed by atoms with E-state index in [1.165, 1.54) is 6.42 Å². The maximum absolute atomic E-state index is 12.0. The largest absolute Gasteiger partial charge is 0.336 e. The Hall–Kier alpha value is -0.220. The quantitative estimate of drug-likeness (QED) is 0.735. The van der Waals surface area contributed by atoms with Crippen LogP contribution in [0.1, 0.15) is 20.3 Å². The molecule has 2 N–H and O–H groups in total. The zero-order valence-electron chi connectivity index (χ0n) is 8.77. The minimum atomic E-state index is -0.306. The molecule has 14 heavy (non-hydrogen) atoms. The molecule has 2 rings (SSSR count). The van der Waals surface area contributed by atoms with Crippen molar-refractivity contribution in [2.24, 2.45) is 11.7 Å². The van der Waals surface area contributed by atoms with Gasteiger partial charge in [-0.25, -0.2) is 0 Å². The highest BCUT2D eigenvalue weighted by Crippen LogP contribution is 2.37. The van der Waals surface area contributed by atoms with Crippen LogP contribution >= 0.6 is 11.8 Å². The van der Waals surface area contributed by atoms with Gasteiger partial charge in [0, 0.05) is 23.6 Å². The molecule has 2 unspecified atom stereocenters. The third kappa shape index (κ3) is 1.65. The molecule has 2 saturated heterocycles. The summed E-state index contributed by atoms with van der Waals surface area (Å²) in [6.07, 6.45) is 1.18. The summed E-state index contributed by atoms with van der Waals surface area (Å²) in [4.78, 5) is 14.0. The average Bonchev–Trinajstić information content (AvgIpc) is 2.76. The first-order valence-corrected chi connectivity index (χ1v) is 6.32. The molecule has 0 aromatic rings. The van der Waals surface area contributed by atoms with Gasteiger partial charge in [-0.1, -0.05) is 13.8 Å². The molecular weight excluding hydrogens is 196 g/mol. The van der Waals surface area contributed by atoms with Crippen LogP contribution < -0.4 is 5.73 Å². The lowest BCUT2D eigenvalue weighted by atomic mass is 10.0. The Labute approximate surface area is 89.4 Å². The number of nitrogens with zero attached hydrogens (tertiary/aromatic N) is 1. The molecule has 0 saturated carbocycles. The van der Waals surface area contributed by atoms with Crippen LogP contribution in [-0.2, 0) is 4.79 Å². The number of hydrogen-bond acceptors (Lipinski definition) is 3. The number of carbonyl (C=O) groups excluding carboxylic acids is 1. The van der Waals surface area contributed by atoms with Crippen LogP contribution in [0.4, 0.5) is 0 Å². The summed E-state index contributed by atoms with van der Waals surface area (Å²) in [6, 6.07) is 0.168.